The molecular formula is C20H32N2O4. The van der Waals surface area contributed by atoms with Crippen molar-refractivity contribution in [2.45, 2.75) is 26.0 Å². The Morgan fingerprint density at radius 3 is 2.65 bits per heavy atom. The molecule has 3 rings (SSSR count). The summed E-state index contributed by atoms with van der Waals surface area (Å²) in [6, 6.07) is 6.26. The molecule has 146 valence electrons. The van der Waals surface area contributed by atoms with Gasteiger partial charge in [0.1, 0.15) is 6.61 Å². The maximum absolute atomic E-state index is 6.05. The third-order valence-electron chi connectivity index (χ3n) is 5.08. The van der Waals surface area contributed by atoms with Gasteiger partial charge < -0.3 is 18.9 Å². The van der Waals surface area contributed by atoms with Crippen LogP contribution in [0.1, 0.15) is 18.9 Å². The normalized spacial score (nSPS) is 22.3. The van der Waals surface area contributed by atoms with Gasteiger partial charge in [0, 0.05) is 39.3 Å². The molecule has 0 N–H and O–H groups in total. The Bertz CT molecular complexity index is 549. The minimum absolute atomic E-state index is 0.353. The molecule has 1 atom stereocenters. The highest BCUT2D eigenvalue weighted by atomic mass is 16.5. The number of nitrogens with zero attached hydrogens (tertiary/aromatic N) is 2. The van der Waals surface area contributed by atoms with Crippen LogP contribution in [0.4, 0.5) is 0 Å². The topological polar surface area (TPSA) is 43.4 Å². The molecule has 6 heteroatoms. The minimum atomic E-state index is 0.353. The average molecular weight is 364 g/mol. The number of morpholine rings is 2. The van der Waals surface area contributed by atoms with E-state index in [2.05, 4.69) is 28.9 Å². The fourth-order valence-electron chi connectivity index (χ4n) is 3.47. The molecule has 0 aromatic heterocycles. The fraction of sp³-hybridized carbons (Fsp3) is 0.700. The Kier molecular flexibility index (Phi) is 7.55. The highest BCUT2D eigenvalue weighted by molar-refractivity contribution is 5.43. The molecular weight excluding hydrogens is 332 g/mol. The van der Waals surface area contributed by atoms with E-state index in [0.717, 1.165) is 77.0 Å². The van der Waals surface area contributed by atoms with Crippen LogP contribution in [0.3, 0.4) is 0 Å². The first-order chi connectivity index (χ1) is 12.8. The maximum atomic E-state index is 6.05. The number of methoxy groups -OCH3 is 1. The van der Waals surface area contributed by atoms with Crippen LogP contribution < -0.4 is 9.47 Å². The first-order valence-corrected chi connectivity index (χ1v) is 9.72. The lowest BCUT2D eigenvalue weighted by Gasteiger charge is -2.32. The van der Waals surface area contributed by atoms with E-state index < -0.39 is 0 Å². The van der Waals surface area contributed by atoms with Gasteiger partial charge in [-0.05, 0) is 24.1 Å². The van der Waals surface area contributed by atoms with Crippen molar-refractivity contribution in [2.24, 2.45) is 0 Å². The van der Waals surface area contributed by atoms with E-state index in [1.807, 2.05) is 6.07 Å². The summed E-state index contributed by atoms with van der Waals surface area (Å²) in [5.41, 5.74) is 1.25. The molecule has 26 heavy (non-hydrogen) atoms. The molecule has 0 amide bonds. The average Bonchev–Trinajstić information content (AvgIpc) is 2.69. The fourth-order valence-corrected chi connectivity index (χ4v) is 3.47. The molecule has 0 spiro atoms. The van der Waals surface area contributed by atoms with E-state index in [-0.39, 0.29) is 0 Å². The number of ether oxygens (including phenoxy) is 4. The van der Waals surface area contributed by atoms with Crippen molar-refractivity contribution >= 4 is 0 Å². The van der Waals surface area contributed by atoms with Crippen molar-refractivity contribution in [2.75, 3.05) is 66.3 Å². The lowest BCUT2D eigenvalue weighted by atomic mass is 10.1. The summed E-state index contributed by atoms with van der Waals surface area (Å²) in [4.78, 5) is 4.83. The Labute approximate surface area is 157 Å². The van der Waals surface area contributed by atoms with E-state index >= 15 is 0 Å². The Morgan fingerprint density at radius 1 is 1.08 bits per heavy atom. The van der Waals surface area contributed by atoms with Crippen molar-refractivity contribution in [1.29, 1.82) is 0 Å². The summed E-state index contributed by atoms with van der Waals surface area (Å²) < 4.78 is 22.7. The van der Waals surface area contributed by atoms with Crippen molar-refractivity contribution in [3.05, 3.63) is 23.8 Å². The quantitative estimate of drug-likeness (QED) is 0.703. The van der Waals surface area contributed by atoms with E-state index in [9.17, 15) is 0 Å². The predicted octanol–water partition coefficient (Wildman–Crippen LogP) is 2.02. The van der Waals surface area contributed by atoms with Crippen molar-refractivity contribution in [3.8, 4) is 11.5 Å². The molecule has 0 saturated carbocycles. The Hall–Kier alpha value is -1.34. The van der Waals surface area contributed by atoms with Crippen LogP contribution in [0.15, 0.2) is 18.2 Å². The summed E-state index contributed by atoms with van der Waals surface area (Å²) in [5.74, 6) is 1.63. The van der Waals surface area contributed by atoms with Crippen molar-refractivity contribution in [3.63, 3.8) is 0 Å². The summed E-state index contributed by atoms with van der Waals surface area (Å²) in [7, 11) is 1.69. The lowest BCUT2D eigenvalue weighted by molar-refractivity contribution is -0.0324. The third-order valence-corrected chi connectivity index (χ3v) is 5.08. The molecule has 0 radical (unpaired) electrons. The molecule has 2 aliphatic heterocycles. The number of hydrogen-bond acceptors (Lipinski definition) is 6. The molecule has 2 heterocycles. The summed E-state index contributed by atoms with van der Waals surface area (Å²) in [6.07, 6.45) is 1.42. The molecule has 2 aliphatic rings. The monoisotopic (exact) mass is 364 g/mol. The molecule has 2 saturated heterocycles. The van der Waals surface area contributed by atoms with Crippen LogP contribution in [0, 0.1) is 0 Å². The van der Waals surface area contributed by atoms with Gasteiger partial charge in [-0.2, -0.15) is 0 Å². The zero-order chi connectivity index (χ0) is 18.2. The second kappa shape index (κ2) is 10.1. The van der Waals surface area contributed by atoms with Gasteiger partial charge in [-0.1, -0.05) is 13.0 Å². The van der Waals surface area contributed by atoms with Gasteiger partial charge in [-0.25, -0.2) is 0 Å². The Balaban J connectivity index is 1.55. The smallest absolute Gasteiger partial charge is 0.161 e. The standard InChI is InChI=1S/C20H32N2O4/c1-3-18-16-22(9-12-25-18)15-17-4-5-19(23-2)20(14-17)26-13-8-21-6-10-24-11-7-21/h4-5,14,18H,3,6-13,15-16H2,1-2H3/t18-/m1/s1. The van der Waals surface area contributed by atoms with E-state index in [0.29, 0.717) is 12.7 Å². The maximum Gasteiger partial charge on any atom is 0.161 e. The lowest BCUT2D eigenvalue weighted by Crippen LogP contribution is -2.41. The second-order valence-corrected chi connectivity index (χ2v) is 6.92. The third kappa shape index (κ3) is 5.58. The zero-order valence-electron chi connectivity index (χ0n) is 16.1. The van der Waals surface area contributed by atoms with Crippen molar-refractivity contribution < 1.29 is 18.9 Å². The molecule has 2 fully saturated rings. The Morgan fingerprint density at radius 2 is 1.88 bits per heavy atom. The number of rotatable bonds is 8. The SMILES string of the molecule is CC[C@@H]1CN(Cc2ccc(OC)c(OCCN3CCOCC3)c2)CCO1. The van der Waals surface area contributed by atoms with Crippen LogP contribution in [-0.4, -0.2) is 82.2 Å². The zero-order valence-corrected chi connectivity index (χ0v) is 16.1. The van der Waals surface area contributed by atoms with Gasteiger partial charge in [0.15, 0.2) is 11.5 Å². The van der Waals surface area contributed by atoms with E-state index in [1.165, 1.54) is 5.56 Å². The summed E-state index contributed by atoms with van der Waals surface area (Å²) in [6.45, 7) is 11.1. The number of benzene rings is 1. The number of hydrogen-bond donors (Lipinski definition) is 0. The molecule has 0 bridgehead atoms. The highest BCUT2D eigenvalue weighted by Crippen LogP contribution is 2.29. The van der Waals surface area contributed by atoms with Gasteiger partial charge in [-0.3, -0.25) is 9.80 Å². The largest absolute Gasteiger partial charge is 0.493 e. The van der Waals surface area contributed by atoms with Gasteiger partial charge in [0.05, 0.1) is 33.0 Å². The summed E-state index contributed by atoms with van der Waals surface area (Å²) >= 11 is 0. The van der Waals surface area contributed by atoms with Crippen LogP contribution >= 0.6 is 0 Å². The van der Waals surface area contributed by atoms with Gasteiger partial charge in [0.25, 0.3) is 0 Å². The van der Waals surface area contributed by atoms with Crippen LogP contribution in [-0.2, 0) is 16.0 Å². The van der Waals surface area contributed by atoms with E-state index in [4.69, 9.17) is 18.9 Å². The minimum Gasteiger partial charge on any atom is -0.493 e. The van der Waals surface area contributed by atoms with E-state index in [1.54, 1.807) is 7.11 Å². The van der Waals surface area contributed by atoms with Gasteiger partial charge in [0.2, 0.25) is 0 Å². The predicted molar refractivity (Wildman–Crippen MR) is 101 cm³/mol. The van der Waals surface area contributed by atoms with Crippen molar-refractivity contribution in [1.82, 2.24) is 9.80 Å². The molecule has 0 aliphatic carbocycles. The molecule has 1 aromatic rings. The van der Waals surface area contributed by atoms with Gasteiger partial charge >= 0.3 is 0 Å². The molecule has 6 nitrogen and oxygen atoms in total. The first kappa shape index (κ1) is 19.4. The highest BCUT2D eigenvalue weighted by Gasteiger charge is 2.19. The summed E-state index contributed by atoms with van der Waals surface area (Å²) in [5, 5.41) is 0. The van der Waals surface area contributed by atoms with Crippen LogP contribution in [0.5, 0.6) is 11.5 Å². The van der Waals surface area contributed by atoms with Crippen LogP contribution in [0.2, 0.25) is 0 Å². The second-order valence-electron chi connectivity index (χ2n) is 6.92. The molecule has 1 aromatic carbocycles. The van der Waals surface area contributed by atoms with Crippen LogP contribution in [0.25, 0.3) is 0 Å². The molecule has 0 unspecified atom stereocenters. The first-order valence-electron chi connectivity index (χ1n) is 9.72. The van der Waals surface area contributed by atoms with Gasteiger partial charge in [-0.15, -0.1) is 0 Å².